The highest BCUT2D eigenvalue weighted by atomic mass is 32.2. The summed E-state index contributed by atoms with van der Waals surface area (Å²) < 4.78 is 27.2. The van der Waals surface area contributed by atoms with E-state index < -0.39 is 10.2 Å². The quantitative estimate of drug-likeness (QED) is 0.755. The summed E-state index contributed by atoms with van der Waals surface area (Å²) in [5, 5.41) is 0. The average molecular weight is 370 g/mol. The predicted molar refractivity (Wildman–Crippen MR) is 96.0 cm³/mol. The second kappa shape index (κ2) is 6.20. The standard InChI is InChI=1S/C18H31N3O3S/c1-19(2)25(23,24)21-5-3-20(4-6-21)17(22)13-18-10-14-7-15(11-18)9-16(8-14)12-18/h14-16H,3-13H2,1-2H3. The fourth-order valence-corrected chi connectivity index (χ4v) is 7.42. The molecule has 4 bridgehead atoms. The summed E-state index contributed by atoms with van der Waals surface area (Å²) in [6.07, 6.45) is 8.63. The maximum absolute atomic E-state index is 12.9. The lowest BCUT2D eigenvalue weighted by atomic mass is 9.49. The summed E-state index contributed by atoms with van der Waals surface area (Å²) in [4.78, 5) is 14.8. The highest BCUT2D eigenvalue weighted by molar-refractivity contribution is 7.86. The van der Waals surface area contributed by atoms with E-state index in [-0.39, 0.29) is 11.3 Å². The minimum absolute atomic E-state index is 0.254. The number of hydrogen-bond acceptors (Lipinski definition) is 3. The maximum atomic E-state index is 12.9. The summed E-state index contributed by atoms with van der Waals surface area (Å²) in [5.41, 5.74) is 0.263. The molecule has 1 aliphatic heterocycles. The van der Waals surface area contributed by atoms with Crippen LogP contribution < -0.4 is 0 Å². The molecule has 0 aromatic rings. The van der Waals surface area contributed by atoms with Crippen molar-refractivity contribution >= 4 is 16.1 Å². The van der Waals surface area contributed by atoms with Crippen molar-refractivity contribution in [3.8, 4) is 0 Å². The van der Waals surface area contributed by atoms with Gasteiger partial charge in [0.2, 0.25) is 5.91 Å². The smallest absolute Gasteiger partial charge is 0.281 e. The van der Waals surface area contributed by atoms with Gasteiger partial charge in [-0.25, -0.2) is 0 Å². The van der Waals surface area contributed by atoms with Gasteiger partial charge in [0, 0.05) is 46.7 Å². The number of piperazine rings is 1. The van der Waals surface area contributed by atoms with Crippen molar-refractivity contribution in [3.05, 3.63) is 0 Å². The molecule has 0 aromatic heterocycles. The molecule has 6 nitrogen and oxygen atoms in total. The van der Waals surface area contributed by atoms with Gasteiger partial charge in [-0.3, -0.25) is 4.79 Å². The summed E-state index contributed by atoms with van der Waals surface area (Å²) in [5.74, 6) is 2.84. The molecule has 142 valence electrons. The van der Waals surface area contributed by atoms with Gasteiger partial charge in [0.05, 0.1) is 0 Å². The van der Waals surface area contributed by atoms with E-state index in [1.54, 1.807) is 14.1 Å². The Morgan fingerprint density at radius 2 is 1.44 bits per heavy atom. The van der Waals surface area contributed by atoms with Gasteiger partial charge >= 0.3 is 0 Å². The largest absolute Gasteiger partial charge is 0.340 e. The van der Waals surface area contributed by atoms with Gasteiger partial charge in [-0.15, -0.1) is 0 Å². The maximum Gasteiger partial charge on any atom is 0.281 e. The predicted octanol–water partition coefficient (Wildman–Crippen LogP) is 1.54. The topological polar surface area (TPSA) is 60.9 Å². The molecule has 25 heavy (non-hydrogen) atoms. The van der Waals surface area contributed by atoms with E-state index >= 15 is 0 Å². The molecule has 0 aromatic carbocycles. The Labute approximate surface area is 151 Å². The molecule has 4 aliphatic carbocycles. The van der Waals surface area contributed by atoms with Crippen LogP contribution in [0.4, 0.5) is 0 Å². The number of amides is 1. The average Bonchev–Trinajstić information content (AvgIpc) is 2.53. The van der Waals surface area contributed by atoms with E-state index in [4.69, 9.17) is 0 Å². The van der Waals surface area contributed by atoms with Gasteiger partial charge in [0.15, 0.2) is 0 Å². The van der Waals surface area contributed by atoms with Crippen LogP contribution in [-0.4, -0.2) is 68.1 Å². The Morgan fingerprint density at radius 1 is 0.960 bits per heavy atom. The molecule has 5 aliphatic rings. The molecule has 0 unspecified atom stereocenters. The number of hydrogen-bond donors (Lipinski definition) is 0. The van der Waals surface area contributed by atoms with Crippen molar-refractivity contribution in [2.45, 2.75) is 44.9 Å². The van der Waals surface area contributed by atoms with Crippen LogP contribution in [0.2, 0.25) is 0 Å². The molecule has 1 heterocycles. The Bertz CT molecular complexity index is 603. The number of carbonyl (C=O) groups is 1. The van der Waals surface area contributed by atoms with Crippen molar-refractivity contribution in [3.63, 3.8) is 0 Å². The minimum Gasteiger partial charge on any atom is -0.340 e. The van der Waals surface area contributed by atoms with Crippen LogP contribution in [0.25, 0.3) is 0 Å². The monoisotopic (exact) mass is 369 g/mol. The lowest BCUT2D eigenvalue weighted by Crippen LogP contribution is -2.54. The molecule has 1 amide bonds. The molecule has 5 fully saturated rings. The molecule has 7 heteroatoms. The van der Waals surface area contributed by atoms with Crippen LogP contribution in [0.5, 0.6) is 0 Å². The molecule has 4 saturated carbocycles. The van der Waals surface area contributed by atoms with Crippen LogP contribution in [-0.2, 0) is 15.0 Å². The lowest BCUT2D eigenvalue weighted by molar-refractivity contribution is -0.140. The van der Waals surface area contributed by atoms with Gasteiger partial charge in [-0.2, -0.15) is 17.0 Å². The number of rotatable bonds is 4. The Kier molecular flexibility index (Phi) is 4.40. The molecule has 0 N–H and O–H groups in total. The minimum atomic E-state index is -3.36. The van der Waals surface area contributed by atoms with E-state index in [0.717, 1.165) is 17.8 Å². The first-order valence-corrected chi connectivity index (χ1v) is 11.1. The summed E-state index contributed by atoms with van der Waals surface area (Å²) >= 11 is 0. The molecule has 0 radical (unpaired) electrons. The number of carbonyl (C=O) groups excluding carboxylic acids is 1. The zero-order valence-electron chi connectivity index (χ0n) is 15.5. The van der Waals surface area contributed by atoms with Crippen LogP contribution in [0.3, 0.4) is 0 Å². The summed E-state index contributed by atoms with van der Waals surface area (Å²) in [6.45, 7) is 1.87. The summed E-state index contributed by atoms with van der Waals surface area (Å²) in [6, 6.07) is 0. The van der Waals surface area contributed by atoms with E-state index in [1.807, 2.05) is 4.90 Å². The van der Waals surface area contributed by atoms with Gasteiger partial charge in [-0.1, -0.05) is 0 Å². The first-order chi connectivity index (χ1) is 11.8. The fourth-order valence-electron chi connectivity index (χ4n) is 6.34. The highest BCUT2D eigenvalue weighted by Crippen LogP contribution is 2.61. The van der Waals surface area contributed by atoms with Gasteiger partial charge < -0.3 is 4.90 Å². The Balaban J connectivity index is 1.36. The number of nitrogens with zero attached hydrogens (tertiary/aromatic N) is 3. The van der Waals surface area contributed by atoms with Crippen molar-refractivity contribution in [1.29, 1.82) is 0 Å². The first-order valence-electron chi connectivity index (χ1n) is 9.73. The summed E-state index contributed by atoms with van der Waals surface area (Å²) in [7, 11) is -0.253. The third-order valence-electron chi connectivity index (χ3n) is 7.07. The zero-order chi connectivity index (χ0) is 17.8. The van der Waals surface area contributed by atoms with Crippen LogP contribution >= 0.6 is 0 Å². The van der Waals surface area contributed by atoms with Crippen molar-refractivity contribution in [2.24, 2.45) is 23.2 Å². The van der Waals surface area contributed by atoms with E-state index in [9.17, 15) is 13.2 Å². The van der Waals surface area contributed by atoms with E-state index in [0.29, 0.717) is 32.6 Å². The Morgan fingerprint density at radius 3 is 1.88 bits per heavy atom. The van der Waals surface area contributed by atoms with Crippen molar-refractivity contribution in [1.82, 2.24) is 13.5 Å². The molecule has 1 saturated heterocycles. The zero-order valence-corrected chi connectivity index (χ0v) is 16.3. The molecule has 0 atom stereocenters. The third kappa shape index (κ3) is 3.23. The van der Waals surface area contributed by atoms with Crippen LogP contribution in [0.1, 0.15) is 44.9 Å². The first kappa shape index (κ1) is 17.7. The lowest BCUT2D eigenvalue weighted by Gasteiger charge is -2.57. The van der Waals surface area contributed by atoms with Crippen LogP contribution in [0.15, 0.2) is 0 Å². The van der Waals surface area contributed by atoms with Gasteiger partial charge in [-0.05, 0) is 61.7 Å². The van der Waals surface area contributed by atoms with E-state index in [1.165, 1.54) is 47.1 Å². The molecular formula is C18H31N3O3S. The molecular weight excluding hydrogens is 338 g/mol. The van der Waals surface area contributed by atoms with E-state index in [2.05, 4.69) is 0 Å². The second-order valence-corrected chi connectivity index (χ2v) is 11.3. The van der Waals surface area contributed by atoms with Gasteiger partial charge in [0.1, 0.15) is 0 Å². The SMILES string of the molecule is CN(C)S(=O)(=O)N1CCN(C(=O)CC23CC4CC(CC(C4)C2)C3)CC1. The normalized spacial score (nSPS) is 38.5. The van der Waals surface area contributed by atoms with Crippen molar-refractivity contribution in [2.75, 3.05) is 40.3 Å². The highest BCUT2D eigenvalue weighted by Gasteiger charge is 2.51. The Hall–Kier alpha value is -0.660. The molecule has 0 spiro atoms. The second-order valence-electron chi connectivity index (χ2n) is 9.16. The van der Waals surface area contributed by atoms with Crippen molar-refractivity contribution < 1.29 is 13.2 Å². The molecule has 5 rings (SSSR count). The fraction of sp³-hybridized carbons (Fsp3) is 0.944. The van der Waals surface area contributed by atoms with Gasteiger partial charge in [0.25, 0.3) is 10.2 Å². The van der Waals surface area contributed by atoms with Crippen LogP contribution in [0, 0.1) is 23.2 Å². The third-order valence-corrected chi connectivity index (χ3v) is 9.01.